The third-order valence-electron chi connectivity index (χ3n) is 6.08. The van der Waals surface area contributed by atoms with E-state index in [1.54, 1.807) is 12.4 Å². The number of hydrogen-bond acceptors (Lipinski definition) is 6. The summed E-state index contributed by atoms with van der Waals surface area (Å²) in [7, 11) is 0. The van der Waals surface area contributed by atoms with Gasteiger partial charge in [-0.05, 0) is 31.5 Å². The lowest BCUT2D eigenvalue weighted by Gasteiger charge is -2.44. The fraction of sp³-hybridized carbons (Fsp3) is 0.360. The molecule has 1 N–H and O–H groups in total. The second kappa shape index (κ2) is 8.26. The summed E-state index contributed by atoms with van der Waals surface area (Å²) in [6, 6.07) is 12.5. The smallest absolute Gasteiger partial charge is 0.207 e. The molecule has 0 fully saturated rings. The highest BCUT2D eigenvalue weighted by atomic mass is 32.1. The van der Waals surface area contributed by atoms with Crippen LogP contribution < -0.4 is 10.2 Å². The highest BCUT2D eigenvalue weighted by molar-refractivity contribution is 7.80. The van der Waals surface area contributed by atoms with Crippen LogP contribution in [0.25, 0.3) is 0 Å². The Labute approximate surface area is 200 Å². The van der Waals surface area contributed by atoms with E-state index in [1.165, 1.54) is 11.1 Å². The Morgan fingerprint density at radius 2 is 1.82 bits per heavy atom. The lowest BCUT2D eigenvalue weighted by Crippen LogP contribution is -2.57. The minimum atomic E-state index is 0.0541. The molecule has 3 aromatic rings. The predicted molar refractivity (Wildman–Crippen MR) is 138 cm³/mol. The third kappa shape index (κ3) is 3.99. The van der Waals surface area contributed by atoms with Gasteiger partial charge in [0.2, 0.25) is 5.96 Å². The first-order valence-electron chi connectivity index (χ1n) is 11.3. The minimum Gasteiger partial charge on any atom is -0.340 e. The zero-order valence-corrected chi connectivity index (χ0v) is 20.4. The van der Waals surface area contributed by atoms with Crippen LogP contribution in [0.1, 0.15) is 37.5 Å². The predicted octanol–water partition coefficient (Wildman–Crippen LogP) is 4.59. The second-order valence-corrected chi connectivity index (χ2v) is 9.85. The van der Waals surface area contributed by atoms with Crippen molar-refractivity contribution in [2.75, 3.05) is 29.9 Å². The van der Waals surface area contributed by atoms with Gasteiger partial charge in [0.1, 0.15) is 10.8 Å². The van der Waals surface area contributed by atoms with E-state index in [0.717, 1.165) is 53.5 Å². The fourth-order valence-electron chi connectivity index (χ4n) is 4.35. The Morgan fingerprint density at radius 3 is 2.52 bits per heavy atom. The van der Waals surface area contributed by atoms with Crippen LogP contribution in [0.15, 0.2) is 53.8 Å². The molecule has 0 radical (unpaired) electrons. The summed E-state index contributed by atoms with van der Waals surface area (Å²) in [5.74, 6) is 2.67. The maximum absolute atomic E-state index is 6.02. The Kier molecular flexibility index (Phi) is 5.40. The summed E-state index contributed by atoms with van der Waals surface area (Å²) in [4.78, 5) is 14.2. The molecule has 33 heavy (non-hydrogen) atoms. The summed E-state index contributed by atoms with van der Waals surface area (Å²) in [6.45, 7) is 11.7. The Balaban J connectivity index is 1.66. The first-order chi connectivity index (χ1) is 15.9. The zero-order valence-electron chi connectivity index (χ0n) is 19.5. The van der Waals surface area contributed by atoms with Crippen molar-refractivity contribution >= 4 is 40.5 Å². The van der Waals surface area contributed by atoms with Crippen molar-refractivity contribution < 1.29 is 0 Å². The number of aryl methyl sites for hydroxylation is 1. The van der Waals surface area contributed by atoms with E-state index >= 15 is 0 Å². The Bertz CT molecular complexity index is 1210. The monoisotopic (exact) mass is 459 g/mol. The van der Waals surface area contributed by atoms with Crippen molar-refractivity contribution in [1.29, 1.82) is 0 Å². The molecule has 0 amide bonds. The number of thiocarbonyl (C=S) groups is 1. The van der Waals surface area contributed by atoms with Gasteiger partial charge in [-0.25, -0.2) is 4.68 Å². The number of rotatable bonds is 5. The quantitative estimate of drug-likeness (QED) is 0.563. The molecular formula is C25H29N7S. The van der Waals surface area contributed by atoms with Crippen molar-refractivity contribution in [1.82, 2.24) is 19.7 Å². The number of hydrogen-bond donors (Lipinski definition) is 1. The van der Waals surface area contributed by atoms with Crippen LogP contribution in [-0.2, 0) is 6.54 Å². The number of pyridine rings is 1. The van der Waals surface area contributed by atoms with Crippen LogP contribution in [0.2, 0.25) is 0 Å². The molecule has 5 rings (SSSR count). The van der Waals surface area contributed by atoms with Gasteiger partial charge in [0, 0.05) is 43.1 Å². The highest BCUT2D eigenvalue weighted by Gasteiger charge is 2.42. The van der Waals surface area contributed by atoms with Gasteiger partial charge in [0.25, 0.3) is 0 Å². The van der Waals surface area contributed by atoms with Crippen LogP contribution >= 0.6 is 12.2 Å². The molecule has 8 heteroatoms. The van der Waals surface area contributed by atoms with E-state index in [9.17, 15) is 0 Å². The molecule has 0 aliphatic carbocycles. The van der Waals surface area contributed by atoms with E-state index in [4.69, 9.17) is 22.3 Å². The highest BCUT2D eigenvalue weighted by Crippen LogP contribution is 2.39. The normalized spacial score (nSPS) is 16.8. The topological polar surface area (TPSA) is 61.6 Å². The number of benzene rings is 1. The first-order valence-corrected chi connectivity index (χ1v) is 11.7. The molecule has 2 aromatic heterocycles. The van der Waals surface area contributed by atoms with Crippen molar-refractivity contribution in [3.8, 4) is 0 Å². The van der Waals surface area contributed by atoms with Gasteiger partial charge in [-0.15, -0.1) is 0 Å². The van der Waals surface area contributed by atoms with E-state index in [-0.39, 0.29) is 5.41 Å². The number of fused-ring (bicyclic) bond motifs is 3. The maximum atomic E-state index is 6.02. The van der Waals surface area contributed by atoms with Gasteiger partial charge < -0.3 is 10.2 Å². The molecule has 7 nitrogen and oxygen atoms in total. The average Bonchev–Trinajstić information content (AvgIpc) is 3.15. The zero-order chi connectivity index (χ0) is 23.2. The summed E-state index contributed by atoms with van der Waals surface area (Å²) in [5.41, 5.74) is 4.38. The molecule has 2 aliphatic rings. The lowest BCUT2D eigenvalue weighted by atomic mass is 9.91. The number of nitrogens with zero attached hydrogens (tertiary/aromatic N) is 6. The summed E-state index contributed by atoms with van der Waals surface area (Å²) < 4.78 is 2.03. The molecule has 0 saturated heterocycles. The van der Waals surface area contributed by atoms with E-state index < -0.39 is 0 Å². The largest absolute Gasteiger partial charge is 0.340 e. The van der Waals surface area contributed by atoms with Crippen LogP contribution in [0.4, 0.5) is 17.3 Å². The SMILES string of the molecule is CCN1C(=S)c2c(nn(Cc3ccc(C)cc3)c2Nc2ccncc2)N2CC(C)(C)CN=C12. The minimum absolute atomic E-state index is 0.0541. The summed E-state index contributed by atoms with van der Waals surface area (Å²) in [6.07, 6.45) is 3.56. The molecule has 4 heterocycles. The molecule has 0 bridgehead atoms. The van der Waals surface area contributed by atoms with Gasteiger partial charge in [-0.1, -0.05) is 55.9 Å². The number of aromatic nitrogens is 3. The van der Waals surface area contributed by atoms with Crippen molar-refractivity contribution in [3.63, 3.8) is 0 Å². The van der Waals surface area contributed by atoms with Gasteiger partial charge in [-0.2, -0.15) is 5.10 Å². The molecule has 0 atom stereocenters. The van der Waals surface area contributed by atoms with Crippen molar-refractivity contribution in [3.05, 3.63) is 65.5 Å². The van der Waals surface area contributed by atoms with E-state index in [1.807, 2.05) is 16.8 Å². The van der Waals surface area contributed by atoms with E-state index in [2.05, 4.69) is 72.1 Å². The number of guanidine groups is 1. The molecule has 0 unspecified atom stereocenters. The number of nitrogens with one attached hydrogen (secondary N) is 1. The molecular weight excluding hydrogens is 430 g/mol. The van der Waals surface area contributed by atoms with E-state index in [0.29, 0.717) is 6.54 Å². The van der Waals surface area contributed by atoms with Crippen LogP contribution in [-0.4, -0.2) is 50.2 Å². The molecule has 0 saturated carbocycles. The second-order valence-electron chi connectivity index (χ2n) is 9.47. The average molecular weight is 460 g/mol. The fourth-order valence-corrected chi connectivity index (χ4v) is 4.74. The first kappa shape index (κ1) is 21.6. The van der Waals surface area contributed by atoms with Gasteiger partial charge >= 0.3 is 0 Å². The molecule has 0 spiro atoms. The van der Waals surface area contributed by atoms with Gasteiger partial charge in [0.15, 0.2) is 5.82 Å². The molecule has 1 aromatic carbocycles. The van der Waals surface area contributed by atoms with Gasteiger partial charge in [-0.3, -0.25) is 14.9 Å². The molecule has 2 aliphatic heterocycles. The van der Waals surface area contributed by atoms with Crippen LogP contribution in [0.3, 0.4) is 0 Å². The Morgan fingerprint density at radius 1 is 1.09 bits per heavy atom. The third-order valence-corrected chi connectivity index (χ3v) is 6.50. The van der Waals surface area contributed by atoms with Crippen molar-refractivity contribution in [2.24, 2.45) is 10.4 Å². The lowest BCUT2D eigenvalue weighted by molar-refractivity contribution is 0.368. The number of aliphatic imine (C=N–C) groups is 1. The van der Waals surface area contributed by atoms with Crippen LogP contribution in [0, 0.1) is 12.3 Å². The maximum Gasteiger partial charge on any atom is 0.207 e. The summed E-state index contributed by atoms with van der Waals surface area (Å²) >= 11 is 6.02. The summed E-state index contributed by atoms with van der Waals surface area (Å²) in [5, 5.41) is 8.69. The van der Waals surface area contributed by atoms with Crippen LogP contribution in [0.5, 0.6) is 0 Å². The standard InChI is InChI=1S/C25H29N7S/c1-5-30-23(33)20-21(28-19-10-12-26-13-11-19)32(14-18-8-6-17(2)7-9-18)29-22(20)31-16-25(3,4)15-27-24(30)31/h6-13H,5,14-16H2,1-4H3,(H,26,28). The van der Waals surface area contributed by atoms with Gasteiger partial charge in [0.05, 0.1) is 12.1 Å². The Hall–Kier alpha value is -3.26. The molecule has 170 valence electrons. The van der Waals surface area contributed by atoms with Crippen molar-refractivity contribution in [2.45, 2.75) is 34.2 Å². The number of anilines is 3.